The minimum absolute atomic E-state index is 0.365. The fourth-order valence-corrected chi connectivity index (χ4v) is 0.501. The second-order valence-electron chi connectivity index (χ2n) is 1.41. The summed E-state index contributed by atoms with van der Waals surface area (Å²) in [5, 5.41) is 8.56. The lowest BCUT2D eigenvalue weighted by atomic mass is 10.5. The lowest BCUT2D eigenvalue weighted by Gasteiger charge is -2.04. The zero-order valence-corrected chi connectivity index (χ0v) is 4.91. The van der Waals surface area contributed by atoms with Crippen molar-refractivity contribution in [2.24, 2.45) is 0 Å². The molecule has 0 radical (unpaired) electrons. The second kappa shape index (κ2) is 1.49. The molecule has 0 amide bonds. The number of rotatable bonds is 1. The van der Waals surface area contributed by atoms with Gasteiger partial charge in [-0.2, -0.15) is 0 Å². The SMILES string of the molecule is OC(Cl)(Cl)C1CO1. The van der Waals surface area contributed by atoms with Crippen LogP contribution in [-0.4, -0.2) is 22.3 Å². The molecule has 0 spiro atoms. The van der Waals surface area contributed by atoms with Crippen LogP contribution < -0.4 is 0 Å². The lowest BCUT2D eigenvalue weighted by Crippen LogP contribution is -2.18. The third-order valence-corrected chi connectivity index (χ3v) is 1.21. The standard InChI is InChI=1S/C3H4Cl2O2/c4-3(5,6)2-1-7-2/h2,6H,1H2. The second-order valence-corrected chi connectivity index (χ2v) is 2.76. The van der Waals surface area contributed by atoms with Crippen molar-refractivity contribution in [3.05, 3.63) is 0 Å². The summed E-state index contributed by atoms with van der Waals surface area (Å²) in [4.78, 5) is 0. The number of hydrogen-bond acceptors (Lipinski definition) is 2. The van der Waals surface area contributed by atoms with Crippen LogP contribution in [0.15, 0.2) is 0 Å². The van der Waals surface area contributed by atoms with Gasteiger partial charge in [-0.25, -0.2) is 0 Å². The van der Waals surface area contributed by atoms with Gasteiger partial charge in [0.1, 0.15) is 6.10 Å². The average Bonchev–Trinajstić information content (AvgIpc) is 1.99. The molecule has 1 heterocycles. The van der Waals surface area contributed by atoms with Gasteiger partial charge in [0, 0.05) is 0 Å². The molecule has 1 N–H and O–H groups in total. The van der Waals surface area contributed by atoms with E-state index in [4.69, 9.17) is 28.3 Å². The van der Waals surface area contributed by atoms with Crippen molar-refractivity contribution in [1.82, 2.24) is 0 Å². The van der Waals surface area contributed by atoms with Gasteiger partial charge in [0.2, 0.25) is 4.52 Å². The Labute approximate surface area is 51.0 Å². The van der Waals surface area contributed by atoms with E-state index in [1.165, 1.54) is 0 Å². The molecule has 0 aromatic carbocycles. The Kier molecular flexibility index (Phi) is 1.20. The van der Waals surface area contributed by atoms with Crippen molar-refractivity contribution in [3.8, 4) is 0 Å². The van der Waals surface area contributed by atoms with Crippen LogP contribution in [0.4, 0.5) is 0 Å². The number of epoxide rings is 1. The molecule has 1 rings (SSSR count). The summed E-state index contributed by atoms with van der Waals surface area (Å²) in [5.41, 5.74) is 0. The summed E-state index contributed by atoms with van der Waals surface area (Å²) in [6.07, 6.45) is -0.365. The molecule has 1 fully saturated rings. The number of aliphatic hydroxyl groups is 1. The van der Waals surface area contributed by atoms with Gasteiger partial charge >= 0.3 is 0 Å². The molecule has 1 saturated heterocycles. The Bertz CT molecular complexity index is 73.5. The van der Waals surface area contributed by atoms with Crippen LogP contribution in [-0.2, 0) is 4.74 Å². The molecule has 1 atom stereocenters. The normalized spacial score (nSPS) is 30.4. The van der Waals surface area contributed by atoms with E-state index in [0.29, 0.717) is 6.61 Å². The first-order chi connectivity index (χ1) is 3.11. The molecule has 0 aliphatic carbocycles. The summed E-state index contributed by atoms with van der Waals surface area (Å²) in [6.45, 7) is 0.462. The first-order valence-corrected chi connectivity index (χ1v) is 2.58. The molecule has 0 bridgehead atoms. The predicted molar refractivity (Wildman–Crippen MR) is 26.4 cm³/mol. The monoisotopic (exact) mass is 142 g/mol. The highest BCUT2D eigenvalue weighted by Crippen LogP contribution is 2.31. The maximum absolute atomic E-state index is 8.56. The Morgan fingerprint density at radius 2 is 2.14 bits per heavy atom. The maximum atomic E-state index is 8.56. The van der Waals surface area contributed by atoms with Crippen LogP contribution in [0.5, 0.6) is 0 Å². The smallest absolute Gasteiger partial charge is 0.244 e. The third kappa shape index (κ3) is 1.46. The highest BCUT2D eigenvalue weighted by Gasteiger charge is 2.42. The summed E-state index contributed by atoms with van der Waals surface area (Å²) >= 11 is 10.3. The topological polar surface area (TPSA) is 32.8 Å². The van der Waals surface area contributed by atoms with Crippen molar-refractivity contribution in [3.63, 3.8) is 0 Å². The number of halogens is 2. The zero-order valence-electron chi connectivity index (χ0n) is 3.40. The Hall–Kier alpha value is 0.500. The molecule has 1 aliphatic rings. The minimum Gasteiger partial charge on any atom is -0.367 e. The fourth-order valence-electron chi connectivity index (χ4n) is 0.249. The van der Waals surface area contributed by atoms with Crippen molar-refractivity contribution >= 4 is 23.2 Å². The van der Waals surface area contributed by atoms with Crippen LogP contribution in [0, 0.1) is 0 Å². The molecule has 1 aliphatic heterocycles. The van der Waals surface area contributed by atoms with Crippen molar-refractivity contribution < 1.29 is 9.84 Å². The van der Waals surface area contributed by atoms with Gasteiger partial charge in [-0.1, -0.05) is 23.2 Å². The van der Waals surface area contributed by atoms with Gasteiger partial charge in [-0.15, -0.1) is 0 Å². The molecule has 4 heteroatoms. The Balaban J connectivity index is 2.36. The van der Waals surface area contributed by atoms with Crippen molar-refractivity contribution in [1.29, 1.82) is 0 Å². The number of alkyl halides is 2. The van der Waals surface area contributed by atoms with Gasteiger partial charge in [0.15, 0.2) is 0 Å². The van der Waals surface area contributed by atoms with E-state index in [1.807, 2.05) is 0 Å². The first kappa shape index (κ1) is 5.63. The van der Waals surface area contributed by atoms with Gasteiger partial charge < -0.3 is 9.84 Å². The molecule has 7 heavy (non-hydrogen) atoms. The quantitative estimate of drug-likeness (QED) is 0.428. The van der Waals surface area contributed by atoms with E-state index >= 15 is 0 Å². The molecule has 0 saturated carbocycles. The number of hydrogen-bond donors (Lipinski definition) is 1. The molecular formula is C3H4Cl2O2. The van der Waals surface area contributed by atoms with Crippen LogP contribution in [0.2, 0.25) is 0 Å². The zero-order chi connectivity index (χ0) is 5.49. The summed E-state index contributed by atoms with van der Waals surface area (Å²) in [7, 11) is 0. The van der Waals surface area contributed by atoms with Gasteiger partial charge in [0.05, 0.1) is 6.61 Å². The molecule has 42 valence electrons. The first-order valence-electron chi connectivity index (χ1n) is 1.82. The summed E-state index contributed by atoms with van der Waals surface area (Å²) in [6, 6.07) is 0. The average molecular weight is 143 g/mol. The van der Waals surface area contributed by atoms with Crippen LogP contribution >= 0.6 is 23.2 Å². The van der Waals surface area contributed by atoms with E-state index in [1.54, 1.807) is 0 Å². The molecule has 0 aromatic heterocycles. The van der Waals surface area contributed by atoms with Crippen LogP contribution in [0.1, 0.15) is 0 Å². The van der Waals surface area contributed by atoms with E-state index in [9.17, 15) is 0 Å². The lowest BCUT2D eigenvalue weighted by molar-refractivity contribution is 0.170. The van der Waals surface area contributed by atoms with Crippen LogP contribution in [0.25, 0.3) is 0 Å². The maximum Gasteiger partial charge on any atom is 0.244 e. The number of ether oxygens (including phenoxy) is 1. The summed E-state index contributed by atoms with van der Waals surface area (Å²) < 4.78 is 2.89. The van der Waals surface area contributed by atoms with Crippen LogP contribution in [0.3, 0.4) is 0 Å². The predicted octanol–water partition coefficient (Wildman–Crippen LogP) is 0.509. The molecule has 0 aromatic rings. The molecule has 2 nitrogen and oxygen atoms in total. The van der Waals surface area contributed by atoms with Crippen molar-refractivity contribution in [2.45, 2.75) is 10.6 Å². The Morgan fingerprint density at radius 3 is 2.14 bits per heavy atom. The van der Waals surface area contributed by atoms with Crippen molar-refractivity contribution in [2.75, 3.05) is 6.61 Å². The van der Waals surface area contributed by atoms with E-state index < -0.39 is 4.52 Å². The summed E-state index contributed by atoms with van der Waals surface area (Å²) in [5.74, 6) is 0. The minimum atomic E-state index is -1.67. The molecule has 1 unspecified atom stereocenters. The highest BCUT2D eigenvalue weighted by molar-refractivity contribution is 6.47. The van der Waals surface area contributed by atoms with Gasteiger partial charge in [-0.3, -0.25) is 0 Å². The highest BCUT2D eigenvalue weighted by atomic mass is 35.5. The molecular weight excluding hydrogens is 139 g/mol. The largest absolute Gasteiger partial charge is 0.367 e. The van der Waals surface area contributed by atoms with E-state index in [2.05, 4.69) is 4.74 Å². The van der Waals surface area contributed by atoms with E-state index in [-0.39, 0.29) is 6.10 Å². The van der Waals surface area contributed by atoms with Gasteiger partial charge in [0.25, 0.3) is 0 Å². The third-order valence-electron chi connectivity index (χ3n) is 0.721. The van der Waals surface area contributed by atoms with E-state index in [0.717, 1.165) is 0 Å². The Morgan fingerprint density at radius 1 is 1.71 bits per heavy atom. The van der Waals surface area contributed by atoms with Gasteiger partial charge in [-0.05, 0) is 0 Å². The fraction of sp³-hybridized carbons (Fsp3) is 1.00.